The Morgan fingerprint density at radius 2 is 1.86 bits per heavy atom. The second-order valence-electron chi connectivity index (χ2n) is 7.26. The average Bonchev–Trinajstić information content (AvgIpc) is 3.59. The molecule has 0 radical (unpaired) electrons. The Balaban J connectivity index is 1.50. The molecule has 172 valence electrons. The van der Waals surface area contributed by atoms with Crippen molar-refractivity contribution >= 4 is 26.5 Å². The molecule has 0 saturated heterocycles. The fourth-order valence-corrected chi connectivity index (χ4v) is 5.17. The number of anilines is 1. The first-order valence-electron chi connectivity index (χ1n) is 10.3. The van der Waals surface area contributed by atoms with Gasteiger partial charge in [0.25, 0.3) is 10.0 Å². The molecule has 0 unspecified atom stereocenters. The summed E-state index contributed by atoms with van der Waals surface area (Å²) in [5, 5.41) is 11.6. The van der Waals surface area contributed by atoms with Crippen molar-refractivity contribution in [1.82, 2.24) is 9.97 Å². The van der Waals surface area contributed by atoms with Crippen LogP contribution in [0.2, 0.25) is 0 Å². The van der Waals surface area contributed by atoms with E-state index >= 15 is 0 Å². The number of nitriles is 1. The molecule has 0 spiro atoms. The number of pyridine rings is 1. The zero-order valence-electron chi connectivity index (χ0n) is 18.0. The molecule has 0 aliphatic carbocycles. The van der Waals surface area contributed by atoms with Crippen LogP contribution in [0.25, 0.3) is 22.4 Å². The lowest BCUT2D eigenvalue weighted by Gasteiger charge is -2.13. The first-order chi connectivity index (χ1) is 17.0. The van der Waals surface area contributed by atoms with Crippen LogP contribution in [0.5, 0.6) is 11.5 Å². The predicted octanol–water partition coefficient (Wildman–Crippen LogP) is 5.93. The minimum absolute atomic E-state index is 0.0530. The Morgan fingerprint density at radius 1 is 1.00 bits per heavy atom. The first kappa shape index (κ1) is 22.3. The fraction of sp³-hybridized carbons (Fsp3) is 0. The Bertz CT molecular complexity index is 1610. The lowest BCUT2D eigenvalue weighted by molar-refractivity contribution is 0.480. The number of benzene rings is 2. The van der Waals surface area contributed by atoms with E-state index in [2.05, 4.69) is 14.7 Å². The van der Waals surface area contributed by atoms with E-state index < -0.39 is 10.0 Å². The van der Waals surface area contributed by atoms with Gasteiger partial charge in [0.05, 0.1) is 34.9 Å². The van der Waals surface area contributed by atoms with Gasteiger partial charge in [-0.1, -0.05) is 30.3 Å². The summed E-state index contributed by atoms with van der Waals surface area (Å²) in [6.07, 6.45) is 6.20. The highest BCUT2D eigenvalue weighted by Crippen LogP contribution is 2.37. The van der Waals surface area contributed by atoms with Crippen molar-refractivity contribution in [2.45, 2.75) is 4.90 Å². The Labute approximate surface area is 205 Å². The van der Waals surface area contributed by atoms with Gasteiger partial charge in [0.2, 0.25) is 0 Å². The standard InChI is InChI=1S/C25H16N4O4S2/c26-14-19-12-20(35(30,31)29-25-27-9-11-34-25)6-7-23(19)33-24-15-28-22(17-4-2-1-3-5-17)13-21(24)18-8-10-32-16-18/h1-13,15-16H,(H,27,29). The average molecular weight is 501 g/mol. The topological polar surface area (TPSA) is 118 Å². The van der Waals surface area contributed by atoms with Crippen LogP contribution >= 0.6 is 11.3 Å². The summed E-state index contributed by atoms with van der Waals surface area (Å²) in [6.45, 7) is 0. The summed E-state index contributed by atoms with van der Waals surface area (Å²) < 4.78 is 39.1. The molecule has 0 atom stereocenters. The minimum Gasteiger partial charge on any atom is -0.472 e. The van der Waals surface area contributed by atoms with Crippen molar-refractivity contribution in [3.05, 3.63) is 96.5 Å². The van der Waals surface area contributed by atoms with Crippen molar-refractivity contribution in [2.24, 2.45) is 0 Å². The van der Waals surface area contributed by atoms with Crippen molar-refractivity contribution in [1.29, 1.82) is 5.26 Å². The molecule has 3 heterocycles. The molecule has 10 heteroatoms. The highest BCUT2D eigenvalue weighted by molar-refractivity contribution is 7.93. The SMILES string of the molecule is N#Cc1cc(S(=O)(=O)Nc2nccs2)ccc1Oc1cnc(-c2ccccc2)cc1-c1ccoc1. The molecule has 8 nitrogen and oxygen atoms in total. The minimum atomic E-state index is -3.92. The fourth-order valence-electron chi connectivity index (χ4n) is 3.35. The number of rotatable bonds is 7. The van der Waals surface area contributed by atoms with Crippen LogP contribution in [0.1, 0.15) is 5.56 Å². The van der Waals surface area contributed by atoms with E-state index in [1.54, 1.807) is 30.2 Å². The molecule has 0 bridgehead atoms. The summed E-state index contributed by atoms with van der Waals surface area (Å²) in [4.78, 5) is 8.37. The number of furan rings is 1. The van der Waals surface area contributed by atoms with Crippen LogP contribution in [0.3, 0.4) is 0 Å². The van der Waals surface area contributed by atoms with Gasteiger partial charge in [-0.15, -0.1) is 11.3 Å². The van der Waals surface area contributed by atoms with Gasteiger partial charge in [0.1, 0.15) is 11.8 Å². The van der Waals surface area contributed by atoms with Gasteiger partial charge >= 0.3 is 0 Å². The van der Waals surface area contributed by atoms with Crippen LogP contribution in [0.4, 0.5) is 5.13 Å². The number of thiazole rings is 1. The molecule has 0 fully saturated rings. The monoisotopic (exact) mass is 500 g/mol. The summed E-state index contributed by atoms with van der Waals surface area (Å²) in [5.74, 6) is 0.582. The number of aromatic nitrogens is 2. The second-order valence-corrected chi connectivity index (χ2v) is 9.84. The van der Waals surface area contributed by atoms with Gasteiger partial charge in [-0.3, -0.25) is 9.71 Å². The molecule has 0 amide bonds. The molecule has 2 aromatic carbocycles. The van der Waals surface area contributed by atoms with E-state index in [1.165, 1.54) is 24.4 Å². The number of ether oxygens (including phenoxy) is 1. The van der Waals surface area contributed by atoms with E-state index in [4.69, 9.17) is 9.15 Å². The normalized spacial score (nSPS) is 11.1. The maximum atomic E-state index is 12.7. The van der Waals surface area contributed by atoms with Gasteiger partial charge in [0, 0.05) is 28.3 Å². The van der Waals surface area contributed by atoms with Crippen LogP contribution in [-0.2, 0) is 10.0 Å². The third-order valence-electron chi connectivity index (χ3n) is 5.02. The van der Waals surface area contributed by atoms with Gasteiger partial charge in [-0.2, -0.15) is 5.26 Å². The molecule has 5 aromatic rings. The maximum absolute atomic E-state index is 12.7. The maximum Gasteiger partial charge on any atom is 0.263 e. The number of nitrogens with one attached hydrogen (secondary N) is 1. The van der Waals surface area contributed by atoms with E-state index in [9.17, 15) is 13.7 Å². The summed E-state index contributed by atoms with van der Waals surface area (Å²) in [7, 11) is -3.92. The highest BCUT2D eigenvalue weighted by Gasteiger charge is 2.19. The molecular weight excluding hydrogens is 484 g/mol. The Hall–Kier alpha value is -4.46. The van der Waals surface area contributed by atoms with Gasteiger partial charge in [-0.25, -0.2) is 13.4 Å². The van der Waals surface area contributed by atoms with Crippen LogP contribution in [-0.4, -0.2) is 18.4 Å². The van der Waals surface area contributed by atoms with Crippen LogP contribution < -0.4 is 9.46 Å². The van der Waals surface area contributed by atoms with E-state index in [1.807, 2.05) is 42.5 Å². The lowest BCUT2D eigenvalue weighted by Crippen LogP contribution is -2.13. The number of sulfonamides is 1. The van der Waals surface area contributed by atoms with E-state index in [0.717, 1.165) is 28.2 Å². The lowest BCUT2D eigenvalue weighted by atomic mass is 10.0. The van der Waals surface area contributed by atoms with Gasteiger partial charge in [-0.05, 0) is 30.3 Å². The van der Waals surface area contributed by atoms with Crippen molar-refractivity contribution in [2.75, 3.05) is 4.72 Å². The smallest absolute Gasteiger partial charge is 0.263 e. The quantitative estimate of drug-likeness (QED) is 0.294. The molecule has 0 aliphatic rings. The number of hydrogen-bond donors (Lipinski definition) is 1. The summed E-state index contributed by atoms with van der Waals surface area (Å²) >= 11 is 1.15. The van der Waals surface area contributed by atoms with Gasteiger partial charge < -0.3 is 9.15 Å². The van der Waals surface area contributed by atoms with Crippen molar-refractivity contribution < 1.29 is 17.6 Å². The molecule has 3 aromatic heterocycles. The second kappa shape index (κ2) is 9.42. The largest absolute Gasteiger partial charge is 0.472 e. The summed E-state index contributed by atoms with van der Waals surface area (Å²) in [6, 6.07) is 19.4. The molecular formula is C25H16N4O4S2. The van der Waals surface area contributed by atoms with Crippen molar-refractivity contribution in [3.8, 4) is 40.0 Å². The zero-order chi connectivity index (χ0) is 24.3. The summed E-state index contributed by atoms with van der Waals surface area (Å²) in [5.41, 5.74) is 3.20. The van der Waals surface area contributed by atoms with E-state index in [-0.39, 0.29) is 21.3 Å². The van der Waals surface area contributed by atoms with Crippen LogP contribution in [0, 0.1) is 11.3 Å². The molecule has 35 heavy (non-hydrogen) atoms. The Morgan fingerprint density at radius 3 is 2.57 bits per heavy atom. The molecule has 5 rings (SSSR count). The van der Waals surface area contributed by atoms with Crippen LogP contribution in [0.15, 0.2) is 100 Å². The van der Waals surface area contributed by atoms with E-state index in [0.29, 0.717) is 11.3 Å². The van der Waals surface area contributed by atoms with Crippen molar-refractivity contribution in [3.63, 3.8) is 0 Å². The highest BCUT2D eigenvalue weighted by atomic mass is 32.2. The Kier molecular flexibility index (Phi) is 6.01. The third-order valence-corrected chi connectivity index (χ3v) is 7.18. The third kappa shape index (κ3) is 4.77. The zero-order valence-corrected chi connectivity index (χ0v) is 19.6. The van der Waals surface area contributed by atoms with Gasteiger partial charge in [0.15, 0.2) is 10.9 Å². The molecule has 1 N–H and O–H groups in total. The molecule has 0 aliphatic heterocycles. The number of nitrogens with zero attached hydrogens (tertiary/aromatic N) is 3. The number of hydrogen-bond acceptors (Lipinski definition) is 8. The first-order valence-corrected chi connectivity index (χ1v) is 12.6. The predicted molar refractivity (Wildman–Crippen MR) is 132 cm³/mol. The molecule has 0 saturated carbocycles.